The molecule has 0 saturated carbocycles. The Morgan fingerprint density at radius 2 is 2.00 bits per heavy atom. The second-order valence-corrected chi connectivity index (χ2v) is 5.22. The molecule has 0 aliphatic heterocycles. The van der Waals surface area contributed by atoms with Crippen molar-refractivity contribution in [3.8, 4) is 0 Å². The van der Waals surface area contributed by atoms with Crippen molar-refractivity contribution in [3.05, 3.63) is 56.7 Å². The van der Waals surface area contributed by atoms with Gasteiger partial charge in [0.25, 0.3) is 5.91 Å². The zero-order valence-corrected chi connectivity index (χ0v) is 10.8. The molecule has 2 nitrogen and oxygen atoms in total. The fourth-order valence-corrected chi connectivity index (χ4v) is 2.19. The first kappa shape index (κ1) is 11.4. The Balaban J connectivity index is 1.95. The van der Waals surface area contributed by atoms with Gasteiger partial charge in [-0.25, -0.2) is 0 Å². The van der Waals surface area contributed by atoms with Gasteiger partial charge in [0.05, 0.1) is 6.54 Å². The van der Waals surface area contributed by atoms with E-state index < -0.39 is 0 Å². The summed E-state index contributed by atoms with van der Waals surface area (Å²) < 4.78 is 0.974. The van der Waals surface area contributed by atoms with Crippen LogP contribution in [0.1, 0.15) is 15.2 Å². The smallest absolute Gasteiger partial charge is 0.251 e. The molecule has 0 bridgehead atoms. The Kier molecular flexibility index (Phi) is 3.74. The van der Waals surface area contributed by atoms with Crippen molar-refractivity contribution in [2.24, 2.45) is 0 Å². The molecule has 2 aromatic rings. The van der Waals surface area contributed by atoms with Crippen LogP contribution in [0.5, 0.6) is 0 Å². The molecule has 1 N–H and O–H groups in total. The Morgan fingerprint density at radius 1 is 1.25 bits per heavy atom. The van der Waals surface area contributed by atoms with Crippen LogP contribution in [0.25, 0.3) is 0 Å². The van der Waals surface area contributed by atoms with Crippen LogP contribution >= 0.6 is 27.3 Å². The summed E-state index contributed by atoms with van der Waals surface area (Å²) in [6.45, 7) is 0.590. The van der Waals surface area contributed by atoms with Gasteiger partial charge in [-0.1, -0.05) is 22.0 Å². The van der Waals surface area contributed by atoms with Gasteiger partial charge in [0, 0.05) is 14.9 Å². The molecule has 1 aromatic carbocycles. The van der Waals surface area contributed by atoms with Crippen LogP contribution in [-0.4, -0.2) is 5.91 Å². The van der Waals surface area contributed by atoms with Crippen molar-refractivity contribution >= 4 is 33.2 Å². The maximum absolute atomic E-state index is 11.7. The normalized spacial score (nSPS) is 10.1. The highest BCUT2D eigenvalue weighted by molar-refractivity contribution is 9.10. The fourth-order valence-electron chi connectivity index (χ4n) is 1.28. The number of nitrogens with one attached hydrogen (secondary N) is 1. The van der Waals surface area contributed by atoms with E-state index in [9.17, 15) is 4.79 Å². The van der Waals surface area contributed by atoms with E-state index in [1.165, 1.54) is 0 Å². The summed E-state index contributed by atoms with van der Waals surface area (Å²) in [7, 11) is 0. The highest BCUT2D eigenvalue weighted by Gasteiger charge is 2.04. The van der Waals surface area contributed by atoms with Gasteiger partial charge >= 0.3 is 0 Å². The van der Waals surface area contributed by atoms with Crippen molar-refractivity contribution in [1.82, 2.24) is 5.32 Å². The largest absolute Gasteiger partial charge is 0.347 e. The topological polar surface area (TPSA) is 29.1 Å². The van der Waals surface area contributed by atoms with Gasteiger partial charge in [0.1, 0.15) is 0 Å². The average Bonchev–Trinajstić information content (AvgIpc) is 2.80. The Labute approximate surface area is 106 Å². The summed E-state index contributed by atoms with van der Waals surface area (Å²) in [5, 5.41) is 4.88. The summed E-state index contributed by atoms with van der Waals surface area (Å²) in [4.78, 5) is 12.9. The van der Waals surface area contributed by atoms with Crippen LogP contribution in [0.4, 0.5) is 0 Å². The summed E-state index contributed by atoms with van der Waals surface area (Å²) in [5.74, 6) is -0.0408. The van der Waals surface area contributed by atoms with Crippen LogP contribution in [0, 0.1) is 0 Å². The molecule has 4 heteroatoms. The van der Waals surface area contributed by atoms with Crippen LogP contribution in [0.2, 0.25) is 0 Å². The number of carbonyl (C=O) groups is 1. The molecule has 16 heavy (non-hydrogen) atoms. The maximum atomic E-state index is 11.7. The molecule has 0 atom stereocenters. The van der Waals surface area contributed by atoms with E-state index in [-0.39, 0.29) is 5.91 Å². The standard InChI is InChI=1S/C12H10BrNOS/c13-10-5-3-9(4-6-10)12(15)14-8-11-2-1-7-16-11/h1-7H,8H2,(H,14,15). The van der Waals surface area contributed by atoms with Crippen molar-refractivity contribution in [3.63, 3.8) is 0 Å². The van der Waals surface area contributed by atoms with Gasteiger partial charge in [-0.15, -0.1) is 11.3 Å². The molecular weight excluding hydrogens is 286 g/mol. The average molecular weight is 296 g/mol. The molecule has 1 amide bonds. The number of benzene rings is 1. The zero-order valence-electron chi connectivity index (χ0n) is 8.44. The van der Waals surface area contributed by atoms with Gasteiger partial charge in [-0.3, -0.25) is 4.79 Å². The summed E-state index contributed by atoms with van der Waals surface area (Å²) >= 11 is 4.98. The SMILES string of the molecule is O=C(NCc1cccs1)c1ccc(Br)cc1. The van der Waals surface area contributed by atoms with E-state index in [4.69, 9.17) is 0 Å². The third-order valence-electron chi connectivity index (χ3n) is 2.11. The number of rotatable bonds is 3. The Hall–Kier alpha value is -1.13. The number of hydrogen-bond acceptors (Lipinski definition) is 2. The Morgan fingerprint density at radius 3 is 2.62 bits per heavy atom. The molecule has 0 aliphatic carbocycles. The molecule has 2 rings (SSSR count). The molecule has 1 heterocycles. The van der Waals surface area contributed by atoms with Gasteiger partial charge in [0.2, 0.25) is 0 Å². The quantitative estimate of drug-likeness (QED) is 0.923. The number of thiophene rings is 1. The maximum Gasteiger partial charge on any atom is 0.251 e. The lowest BCUT2D eigenvalue weighted by Crippen LogP contribution is -2.22. The highest BCUT2D eigenvalue weighted by Crippen LogP contribution is 2.11. The second-order valence-electron chi connectivity index (χ2n) is 3.27. The molecule has 0 fully saturated rings. The van der Waals surface area contributed by atoms with Gasteiger partial charge < -0.3 is 5.32 Å². The Bertz CT molecular complexity index is 464. The minimum absolute atomic E-state index is 0.0408. The molecule has 0 radical (unpaired) electrons. The van der Waals surface area contributed by atoms with Gasteiger partial charge in [-0.05, 0) is 35.7 Å². The minimum Gasteiger partial charge on any atom is -0.347 e. The molecular formula is C12H10BrNOS. The molecule has 1 aromatic heterocycles. The lowest BCUT2D eigenvalue weighted by atomic mass is 10.2. The molecule has 82 valence electrons. The predicted molar refractivity (Wildman–Crippen MR) is 69.6 cm³/mol. The third kappa shape index (κ3) is 2.93. The third-order valence-corrected chi connectivity index (χ3v) is 3.51. The fraction of sp³-hybridized carbons (Fsp3) is 0.0833. The first-order valence-electron chi connectivity index (χ1n) is 4.82. The number of amides is 1. The van der Waals surface area contributed by atoms with E-state index in [2.05, 4.69) is 21.2 Å². The van der Waals surface area contributed by atoms with Crippen LogP contribution < -0.4 is 5.32 Å². The first-order valence-corrected chi connectivity index (χ1v) is 6.49. The number of halogens is 1. The van der Waals surface area contributed by atoms with Crippen LogP contribution in [0.3, 0.4) is 0 Å². The molecule has 0 spiro atoms. The van der Waals surface area contributed by atoms with Crippen molar-refractivity contribution in [1.29, 1.82) is 0 Å². The zero-order chi connectivity index (χ0) is 11.4. The predicted octanol–water partition coefficient (Wildman–Crippen LogP) is 3.44. The second kappa shape index (κ2) is 5.27. The van der Waals surface area contributed by atoms with Crippen molar-refractivity contribution < 1.29 is 4.79 Å². The summed E-state index contributed by atoms with van der Waals surface area (Å²) in [6, 6.07) is 11.3. The van der Waals surface area contributed by atoms with E-state index in [1.807, 2.05) is 29.6 Å². The van der Waals surface area contributed by atoms with Crippen LogP contribution in [-0.2, 0) is 6.54 Å². The van der Waals surface area contributed by atoms with Crippen LogP contribution in [0.15, 0.2) is 46.3 Å². The number of hydrogen-bond donors (Lipinski definition) is 1. The summed E-state index contributed by atoms with van der Waals surface area (Å²) in [6.07, 6.45) is 0. The summed E-state index contributed by atoms with van der Waals surface area (Å²) in [5.41, 5.74) is 0.680. The minimum atomic E-state index is -0.0408. The van der Waals surface area contributed by atoms with Gasteiger partial charge in [-0.2, -0.15) is 0 Å². The van der Waals surface area contributed by atoms with E-state index in [0.29, 0.717) is 12.1 Å². The van der Waals surface area contributed by atoms with E-state index in [0.717, 1.165) is 9.35 Å². The van der Waals surface area contributed by atoms with Gasteiger partial charge in [0.15, 0.2) is 0 Å². The molecule has 0 aliphatic rings. The van der Waals surface area contributed by atoms with E-state index >= 15 is 0 Å². The van der Waals surface area contributed by atoms with Crippen molar-refractivity contribution in [2.45, 2.75) is 6.54 Å². The number of carbonyl (C=O) groups excluding carboxylic acids is 1. The first-order chi connectivity index (χ1) is 7.75. The van der Waals surface area contributed by atoms with Crippen molar-refractivity contribution in [2.75, 3.05) is 0 Å². The lowest BCUT2D eigenvalue weighted by molar-refractivity contribution is 0.0951. The van der Waals surface area contributed by atoms with E-state index in [1.54, 1.807) is 23.5 Å². The lowest BCUT2D eigenvalue weighted by Gasteiger charge is -2.03. The highest BCUT2D eigenvalue weighted by atomic mass is 79.9. The monoisotopic (exact) mass is 295 g/mol. The molecule has 0 saturated heterocycles. The molecule has 0 unspecified atom stereocenters.